The third kappa shape index (κ3) is 2.15. The summed E-state index contributed by atoms with van der Waals surface area (Å²) in [6.45, 7) is 2.13. The highest BCUT2D eigenvalue weighted by molar-refractivity contribution is 6.16. The topological polar surface area (TPSA) is 30.7 Å². The molecule has 0 amide bonds. The summed E-state index contributed by atoms with van der Waals surface area (Å²) in [5.41, 5.74) is 2.61. The molecule has 0 N–H and O–H groups in total. The number of hydrogen-bond donors (Lipinski definition) is 0. The summed E-state index contributed by atoms with van der Waals surface area (Å²) in [6, 6.07) is 9.00. The van der Waals surface area contributed by atoms with Gasteiger partial charge in [0.05, 0.1) is 5.88 Å². The Balaban J connectivity index is 1.93. The third-order valence-corrected chi connectivity index (χ3v) is 3.72. The number of hydrogen-bond acceptors (Lipinski definition) is 2. The molecule has 1 aliphatic rings. The summed E-state index contributed by atoms with van der Waals surface area (Å²) in [5, 5.41) is 8.52. The number of nitrogens with zero attached hydrogens (tertiary/aromatic N) is 3. The molecule has 3 nitrogen and oxygen atoms in total. The Morgan fingerprint density at radius 2 is 1.94 bits per heavy atom. The monoisotopic (exact) mass is 261 g/mol. The number of aromatic nitrogens is 3. The number of rotatable bonds is 4. The molecule has 94 valence electrons. The van der Waals surface area contributed by atoms with Crippen LogP contribution in [0.2, 0.25) is 0 Å². The Morgan fingerprint density at radius 3 is 2.61 bits per heavy atom. The van der Waals surface area contributed by atoms with E-state index in [-0.39, 0.29) is 0 Å². The summed E-state index contributed by atoms with van der Waals surface area (Å²) in [7, 11) is 0. The van der Waals surface area contributed by atoms with Crippen LogP contribution >= 0.6 is 11.6 Å². The molecule has 0 aliphatic heterocycles. The minimum atomic E-state index is 0.442. The van der Waals surface area contributed by atoms with E-state index in [4.69, 9.17) is 11.6 Å². The zero-order valence-electron chi connectivity index (χ0n) is 10.4. The predicted molar refractivity (Wildman–Crippen MR) is 71.8 cm³/mol. The molecular weight excluding hydrogens is 246 g/mol. The van der Waals surface area contributed by atoms with E-state index in [1.165, 1.54) is 24.0 Å². The van der Waals surface area contributed by atoms with Gasteiger partial charge < -0.3 is 4.57 Å². The smallest absolute Gasteiger partial charge is 0.148 e. The summed E-state index contributed by atoms with van der Waals surface area (Å²) < 4.78 is 2.24. The average Bonchev–Trinajstić information content (AvgIpc) is 3.14. The van der Waals surface area contributed by atoms with Crippen molar-refractivity contribution in [3.05, 3.63) is 47.0 Å². The van der Waals surface area contributed by atoms with Gasteiger partial charge in [0.2, 0.25) is 0 Å². The van der Waals surface area contributed by atoms with Crippen molar-refractivity contribution in [1.82, 2.24) is 14.8 Å². The lowest BCUT2D eigenvalue weighted by Gasteiger charge is -2.09. The van der Waals surface area contributed by atoms with Crippen LogP contribution in [0, 0.1) is 6.92 Å². The second kappa shape index (κ2) is 4.73. The first-order chi connectivity index (χ1) is 8.79. The van der Waals surface area contributed by atoms with Gasteiger partial charge in [-0.2, -0.15) is 0 Å². The zero-order chi connectivity index (χ0) is 12.5. The highest BCUT2D eigenvalue weighted by Crippen LogP contribution is 2.37. The first-order valence-electron chi connectivity index (χ1n) is 6.32. The normalized spacial score (nSPS) is 15.0. The molecular formula is C14H16ClN3. The van der Waals surface area contributed by atoms with Gasteiger partial charge in [-0.15, -0.1) is 21.8 Å². The van der Waals surface area contributed by atoms with E-state index in [9.17, 15) is 0 Å². The predicted octanol–water partition coefficient (Wildman–Crippen LogP) is 3.25. The van der Waals surface area contributed by atoms with Crippen molar-refractivity contribution in [2.24, 2.45) is 0 Å². The zero-order valence-corrected chi connectivity index (χ0v) is 11.2. The van der Waals surface area contributed by atoms with Crippen LogP contribution in [-0.4, -0.2) is 14.8 Å². The van der Waals surface area contributed by atoms with Crippen molar-refractivity contribution in [2.45, 2.75) is 38.1 Å². The molecule has 0 spiro atoms. The van der Waals surface area contributed by atoms with E-state index in [1.54, 1.807) is 0 Å². The van der Waals surface area contributed by atoms with Gasteiger partial charge in [0.1, 0.15) is 11.6 Å². The highest BCUT2D eigenvalue weighted by Gasteiger charge is 2.29. The Morgan fingerprint density at radius 1 is 1.22 bits per heavy atom. The molecule has 1 heterocycles. The molecule has 0 radical (unpaired) electrons. The lowest BCUT2D eigenvalue weighted by atomic mass is 10.1. The SMILES string of the molecule is Cc1ccccc1Cc1nnc(CCl)n1C1CC1. The molecule has 1 fully saturated rings. The van der Waals surface area contributed by atoms with E-state index >= 15 is 0 Å². The van der Waals surface area contributed by atoms with Gasteiger partial charge in [0, 0.05) is 12.5 Å². The average molecular weight is 262 g/mol. The lowest BCUT2D eigenvalue weighted by Crippen LogP contribution is -2.06. The van der Waals surface area contributed by atoms with E-state index in [0.29, 0.717) is 11.9 Å². The van der Waals surface area contributed by atoms with E-state index < -0.39 is 0 Å². The van der Waals surface area contributed by atoms with Crippen molar-refractivity contribution in [3.63, 3.8) is 0 Å². The molecule has 3 rings (SSSR count). The molecule has 1 saturated carbocycles. The van der Waals surface area contributed by atoms with Gasteiger partial charge in [0.15, 0.2) is 0 Å². The van der Waals surface area contributed by atoms with Gasteiger partial charge in [-0.05, 0) is 30.9 Å². The molecule has 4 heteroatoms. The van der Waals surface area contributed by atoms with Crippen LogP contribution in [0.3, 0.4) is 0 Å². The van der Waals surface area contributed by atoms with Crippen molar-refractivity contribution < 1.29 is 0 Å². The molecule has 0 saturated heterocycles. The fourth-order valence-electron chi connectivity index (χ4n) is 2.31. The maximum absolute atomic E-state index is 5.93. The molecule has 1 aromatic heterocycles. The summed E-state index contributed by atoms with van der Waals surface area (Å²) in [4.78, 5) is 0. The van der Waals surface area contributed by atoms with Gasteiger partial charge in [-0.1, -0.05) is 24.3 Å². The molecule has 2 aromatic rings. The highest BCUT2D eigenvalue weighted by atomic mass is 35.5. The van der Waals surface area contributed by atoms with Crippen molar-refractivity contribution in [1.29, 1.82) is 0 Å². The Hall–Kier alpha value is -1.35. The third-order valence-electron chi connectivity index (χ3n) is 3.48. The van der Waals surface area contributed by atoms with Crippen molar-refractivity contribution in [2.75, 3.05) is 0 Å². The maximum Gasteiger partial charge on any atom is 0.148 e. The van der Waals surface area contributed by atoms with Gasteiger partial charge >= 0.3 is 0 Å². The van der Waals surface area contributed by atoms with Crippen LogP contribution in [0.1, 0.15) is 41.7 Å². The lowest BCUT2D eigenvalue weighted by molar-refractivity contribution is 0.669. The number of aryl methyl sites for hydroxylation is 1. The van der Waals surface area contributed by atoms with Crippen LogP contribution in [0.15, 0.2) is 24.3 Å². The molecule has 1 aliphatic carbocycles. The minimum Gasteiger partial charge on any atom is -0.311 e. The van der Waals surface area contributed by atoms with Crippen molar-refractivity contribution >= 4 is 11.6 Å². The largest absolute Gasteiger partial charge is 0.311 e. The van der Waals surface area contributed by atoms with Crippen LogP contribution in [0.4, 0.5) is 0 Å². The number of halogens is 1. The molecule has 1 aromatic carbocycles. The summed E-state index contributed by atoms with van der Waals surface area (Å²) >= 11 is 5.93. The molecule has 0 atom stereocenters. The molecule has 0 bridgehead atoms. The van der Waals surface area contributed by atoms with Crippen LogP contribution in [0.5, 0.6) is 0 Å². The first-order valence-corrected chi connectivity index (χ1v) is 6.86. The second-order valence-corrected chi connectivity index (χ2v) is 5.14. The Bertz CT molecular complexity index is 558. The van der Waals surface area contributed by atoms with Crippen LogP contribution in [-0.2, 0) is 12.3 Å². The van der Waals surface area contributed by atoms with Gasteiger partial charge in [0.25, 0.3) is 0 Å². The standard InChI is InChI=1S/C14H16ClN3/c1-10-4-2-3-5-11(10)8-13-16-17-14(9-15)18(13)12-6-7-12/h2-5,12H,6-9H2,1H3. The van der Waals surface area contributed by atoms with Gasteiger partial charge in [-0.25, -0.2) is 0 Å². The fourth-order valence-corrected chi connectivity index (χ4v) is 2.49. The summed E-state index contributed by atoms with van der Waals surface area (Å²) in [6.07, 6.45) is 3.29. The van der Waals surface area contributed by atoms with Crippen molar-refractivity contribution in [3.8, 4) is 0 Å². The maximum atomic E-state index is 5.93. The quantitative estimate of drug-likeness (QED) is 0.791. The minimum absolute atomic E-state index is 0.442. The number of benzene rings is 1. The Labute approximate surface area is 112 Å². The Kier molecular flexibility index (Phi) is 3.08. The second-order valence-electron chi connectivity index (χ2n) is 4.87. The molecule has 0 unspecified atom stereocenters. The van der Waals surface area contributed by atoms with Gasteiger partial charge in [-0.3, -0.25) is 0 Å². The van der Waals surface area contributed by atoms with E-state index in [2.05, 4.69) is 46.0 Å². The summed E-state index contributed by atoms with van der Waals surface area (Å²) in [5.74, 6) is 2.39. The van der Waals surface area contributed by atoms with Crippen LogP contribution < -0.4 is 0 Å². The van der Waals surface area contributed by atoms with Crippen LogP contribution in [0.25, 0.3) is 0 Å². The first kappa shape index (κ1) is 11.7. The number of alkyl halides is 1. The fraction of sp³-hybridized carbons (Fsp3) is 0.429. The molecule has 18 heavy (non-hydrogen) atoms. The van der Waals surface area contributed by atoms with E-state index in [1.807, 2.05) is 0 Å². The van der Waals surface area contributed by atoms with E-state index in [0.717, 1.165) is 18.1 Å².